The molecule has 0 saturated heterocycles. The zero-order valence-corrected chi connectivity index (χ0v) is 7.20. The Morgan fingerprint density at radius 1 is 1.29 bits per heavy atom. The minimum atomic E-state index is -0.507. The van der Waals surface area contributed by atoms with Gasteiger partial charge in [0.15, 0.2) is 0 Å². The van der Waals surface area contributed by atoms with E-state index >= 15 is 0 Å². The van der Waals surface area contributed by atoms with E-state index in [1.54, 1.807) is 18.3 Å². The van der Waals surface area contributed by atoms with Crippen molar-refractivity contribution < 1.29 is 4.92 Å². The average Bonchev–Trinajstić information content (AvgIpc) is 2.67. The van der Waals surface area contributed by atoms with E-state index in [0.29, 0.717) is 0 Å². The first kappa shape index (κ1) is 8.43. The average molecular weight is 189 g/mol. The van der Waals surface area contributed by atoms with Crippen LogP contribution in [0.2, 0.25) is 0 Å². The molecule has 0 aliphatic heterocycles. The molecule has 1 aromatic carbocycles. The van der Waals surface area contributed by atoms with Crippen molar-refractivity contribution in [1.82, 2.24) is 9.55 Å². The van der Waals surface area contributed by atoms with Crippen molar-refractivity contribution in [3.8, 4) is 5.69 Å². The van der Waals surface area contributed by atoms with Crippen LogP contribution in [-0.2, 0) is 0 Å². The number of benzene rings is 1. The molecule has 0 aliphatic carbocycles. The van der Waals surface area contributed by atoms with Gasteiger partial charge in [0.25, 0.3) is 0 Å². The Morgan fingerprint density at radius 2 is 2.00 bits per heavy atom. The molecule has 2 aromatic rings. The summed E-state index contributed by atoms with van der Waals surface area (Å²) in [5.74, 6) is -0.170. The highest BCUT2D eigenvalue weighted by Gasteiger charge is 2.14. The van der Waals surface area contributed by atoms with Gasteiger partial charge in [-0.2, -0.15) is 4.57 Å². The van der Waals surface area contributed by atoms with Gasteiger partial charge in [-0.1, -0.05) is 23.2 Å². The monoisotopic (exact) mass is 189 g/mol. The minimum absolute atomic E-state index is 0.170. The predicted octanol–water partition coefficient (Wildman–Crippen LogP) is 1.78. The molecule has 5 heteroatoms. The first-order valence-corrected chi connectivity index (χ1v) is 4.02. The molecule has 0 atom stereocenters. The van der Waals surface area contributed by atoms with Gasteiger partial charge >= 0.3 is 5.95 Å². The molecule has 0 amide bonds. The lowest BCUT2D eigenvalue weighted by Crippen LogP contribution is -1.99. The van der Waals surface area contributed by atoms with E-state index in [-0.39, 0.29) is 5.95 Å². The van der Waals surface area contributed by atoms with Gasteiger partial charge in [0, 0.05) is 0 Å². The van der Waals surface area contributed by atoms with Crippen LogP contribution in [0, 0.1) is 10.1 Å². The van der Waals surface area contributed by atoms with Gasteiger partial charge in [0.1, 0.15) is 18.1 Å². The summed E-state index contributed by atoms with van der Waals surface area (Å²) in [5, 5.41) is 10.6. The third-order valence-electron chi connectivity index (χ3n) is 1.82. The molecule has 14 heavy (non-hydrogen) atoms. The Morgan fingerprint density at radius 3 is 2.64 bits per heavy atom. The maximum atomic E-state index is 10.6. The van der Waals surface area contributed by atoms with Gasteiger partial charge < -0.3 is 10.1 Å². The fraction of sp³-hybridized carbons (Fsp3) is 0. The lowest BCUT2D eigenvalue weighted by molar-refractivity contribution is -0.395. The topological polar surface area (TPSA) is 61.0 Å². The van der Waals surface area contributed by atoms with E-state index in [1.807, 2.05) is 18.2 Å². The molecular formula is C9H7N3O2. The van der Waals surface area contributed by atoms with E-state index in [0.717, 1.165) is 5.69 Å². The van der Waals surface area contributed by atoms with Gasteiger partial charge in [-0.3, -0.25) is 0 Å². The number of rotatable bonds is 2. The SMILES string of the molecule is O=[N+]([O-])c1nccn1-c1ccccc1. The highest BCUT2D eigenvalue weighted by atomic mass is 16.6. The number of hydrogen-bond acceptors (Lipinski definition) is 3. The Hall–Kier alpha value is -2.17. The summed E-state index contributed by atoms with van der Waals surface area (Å²) in [5.41, 5.74) is 0.733. The van der Waals surface area contributed by atoms with Crippen LogP contribution in [0.1, 0.15) is 0 Å². The molecule has 0 N–H and O–H groups in total. The zero-order valence-electron chi connectivity index (χ0n) is 7.20. The molecule has 2 rings (SSSR count). The molecule has 0 fully saturated rings. The summed E-state index contributed by atoms with van der Waals surface area (Å²) in [6.45, 7) is 0. The molecule has 5 nitrogen and oxygen atoms in total. The fourth-order valence-electron chi connectivity index (χ4n) is 1.22. The standard InChI is InChI=1S/C9H7N3O2/c13-12(14)9-10-6-7-11(9)8-4-2-1-3-5-8/h1-7H. The Bertz CT molecular complexity index is 450. The molecular weight excluding hydrogens is 182 g/mol. The van der Waals surface area contributed by atoms with Crippen molar-refractivity contribution in [2.24, 2.45) is 0 Å². The van der Waals surface area contributed by atoms with E-state index in [1.165, 1.54) is 10.8 Å². The second-order valence-corrected chi connectivity index (χ2v) is 2.69. The maximum absolute atomic E-state index is 10.6. The van der Waals surface area contributed by atoms with Gasteiger partial charge in [0.2, 0.25) is 0 Å². The van der Waals surface area contributed by atoms with E-state index < -0.39 is 4.92 Å². The molecule has 1 aromatic heterocycles. The van der Waals surface area contributed by atoms with Gasteiger partial charge in [0.05, 0.1) is 0 Å². The van der Waals surface area contributed by atoms with Gasteiger partial charge in [-0.05, 0) is 17.1 Å². The largest absolute Gasteiger partial charge is 0.439 e. The third-order valence-corrected chi connectivity index (χ3v) is 1.82. The maximum Gasteiger partial charge on any atom is 0.439 e. The molecule has 0 radical (unpaired) electrons. The second kappa shape index (κ2) is 3.29. The van der Waals surface area contributed by atoms with Crippen molar-refractivity contribution in [2.45, 2.75) is 0 Å². The normalized spacial score (nSPS) is 10.0. The van der Waals surface area contributed by atoms with E-state index in [4.69, 9.17) is 0 Å². The van der Waals surface area contributed by atoms with Crippen LogP contribution >= 0.6 is 0 Å². The van der Waals surface area contributed by atoms with Gasteiger partial charge in [-0.15, -0.1) is 0 Å². The molecule has 0 unspecified atom stereocenters. The Labute approximate surface area is 79.8 Å². The molecule has 1 heterocycles. The summed E-state index contributed by atoms with van der Waals surface area (Å²) < 4.78 is 1.43. The van der Waals surface area contributed by atoms with Gasteiger partial charge in [-0.25, -0.2) is 0 Å². The number of nitrogens with zero attached hydrogens (tertiary/aromatic N) is 3. The van der Waals surface area contributed by atoms with Crippen LogP contribution in [0.5, 0.6) is 0 Å². The Kier molecular flexibility index (Phi) is 1.98. The summed E-state index contributed by atoms with van der Waals surface area (Å²) in [6, 6.07) is 9.06. The minimum Gasteiger partial charge on any atom is -0.390 e. The lowest BCUT2D eigenvalue weighted by Gasteiger charge is -1.99. The highest BCUT2D eigenvalue weighted by Crippen LogP contribution is 2.14. The van der Waals surface area contributed by atoms with Crippen molar-refractivity contribution in [3.05, 3.63) is 52.8 Å². The van der Waals surface area contributed by atoms with Crippen molar-refractivity contribution in [3.63, 3.8) is 0 Å². The van der Waals surface area contributed by atoms with Crippen LogP contribution in [0.25, 0.3) is 5.69 Å². The van der Waals surface area contributed by atoms with Crippen molar-refractivity contribution in [1.29, 1.82) is 0 Å². The number of aromatic nitrogens is 2. The first-order chi connectivity index (χ1) is 6.79. The van der Waals surface area contributed by atoms with Crippen LogP contribution < -0.4 is 0 Å². The van der Waals surface area contributed by atoms with Crippen molar-refractivity contribution >= 4 is 5.95 Å². The van der Waals surface area contributed by atoms with Crippen molar-refractivity contribution in [2.75, 3.05) is 0 Å². The molecule has 0 aliphatic rings. The zero-order chi connectivity index (χ0) is 9.97. The highest BCUT2D eigenvalue weighted by molar-refractivity contribution is 5.35. The lowest BCUT2D eigenvalue weighted by atomic mass is 10.3. The summed E-state index contributed by atoms with van der Waals surface area (Å²) in [4.78, 5) is 13.7. The van der Waals surface area contributed by atoms with Crippen LogP contribution in [0.3, 0.4) is 0 Å². The van der Waals surface area contributed by atoms with E-state index in [9.17, 15) is 10.1 Å². The number of para-hydroxylation sites is 1. The first-order valence-electron chi connectivity index (χ1n) is 4.02. The predicted molar refractivity (Wildman–Crippen MR) is 50.2 cm³/mol. The number of imidazole rings is 1. The molecule has 0 spiro atoms. The summed E-state index contributed by atoms with van der Waals surface area (Å²) in [7, 11) is 0. The van der Waals surface area contributed by atoms with Crippen LogP contribution in [0.15, 0.2) is 42.7 Å². The molecule has 0 bridgehead atoms. The number of hydrogen-bond donors (Lipinski definition) is 0. The quantitative estimate of drug-likeness (QED) is 0.534. The summed E-state index contributed by atoms with van der Waals surface area (Å²) >= 11 is 0. The third kappa shape index (κ3) is 1.35. The van der Waals surface area contributed by atoms with Crippen LogP contribution in [0.4, 0.5) is 5.95 Å². The van der Waals surface area contributed by atoms with Crippen LogP contribution in [-0.4, -0.2) is 14.5 Å². The Balaban J connectivity index is 2.52. The second-order valence-electron chi connectivity index (χ2n) is 2.69. The number of nitro groups is 1. The fourth-order valence-corrected chi connectivity index (χ4v) is 1.22. The molecule has 0 saturated carbocycles. The summed E-state index contributed by atoms with van der Waals surface area (Å²) in [6.07, 6.45) is 2.97. The van der Waals surface area contributed by atoms with E-state index in [2.05, 4.69) is 4.98 Å². The molecule has 70 valence electrons. The smallest absolute Gasteiger partial charge is 0.390 e.